The molecule has 11 heteroatoms. The van der Waals surface area contributed by atoms with Gasteiger partial charge in [0.1, 0.15) is 35.4 Å². The molecule has 1 fully saturated rings. The van der Waals surface area contributed by atoms with Gasteiger partial charge in [-0.15, -0.1) is 0 Å². The maximum absolute atomic E-state index is 12.3. The van der Waals surface area contributed by atoms with Crippen LogP contribution in [-0.4, -0.2) is 58.7 Å². The predicted octanol–water partition coefficient (Wildman–Crippen LogP) is 5.24. The second-order valence-electron chi connectivity index (χ2n) is 8.61. The molecule has 3 aromatic rings. The zero-order chi connectivity index (χ0) is 25.1. The number of phenolic OH excluding ortho intramolecular Hbond substituents is 1. The third-order valence-electron chi connectivity index (χ3n) is 6.14. The summed E-state index contributed by atoms with van der Waals surface area (Å²) >= 11 is 6.45. The van der Waals surface area contributed by atoms with E-state index in [-0.39, 0.29) is 24.7 Å². The van der Waals surface area contributed by atoms with Crippen molar-refractivity contribution >= 4 is 40.1 Å². The van der Waals surface area contributed by atoms with Gasteiger partial charge in [-0.05, 0) is 18.6 Å². The number of carbonyl (C=O) groups excluding carboxylic acids is 1. The molecule has 0 radical (unpaired) electrons. The summed E-state index contributed by atoms with van der Waals surface area (Å²) in [5.74, 6) is 1.97. The number of hydrogen-bond donors (Lipinski definition) is 2. The second kappa shape index (κ2) is 10.5. The Morgan fingerprint density at radius 3 is 2.89 bits per heavy atom. The van der Waals surface area contributed by atoms with Crippen LogP contribution in [0.5, 0.6) is 23.0 Å². The van der Waals surface area contributed by atoms with Gasteiger partial charge >= 0.3 is 6.09 Å². The van der Waals surface area contributed by atoms with Crippen LogP contribution in [-0.2, 0) is 4.74 Å². The zero-order valence-electron chi connectivity index (χ0n) is 19.8. The number of rotatable bonds is 7. The van der Waals surface area contributed by atoms with Gasteiger partial charge in [0, 0.05) is 38.1 Å². The van der Waals surface area contributed by atoms with E-state index in [1.807, 2.05) is 0 Å². The molecule has 2 aliphatic rings. The number of piperidine rings is 1. The highest BCUT2D eigenvalue weighted by molar-refractivity contribution is 6.34. The van der Waals surface area contributed by atoms with Crippen molar-refractivity contribution in [2.75, 3.05) is 31.8 Å². The monoisotopic (exact) mass is 514 g/mol. The molecule has 0 bridgehead atoms. The van der Waals surface area contributed by atoms with E-state index >= 15 is 0 Å². The number of amides is 1. The minimum absolute atomic E-state index is 0.0226. The summed E-state index contributed by atoms with van der Waals surface area (Å²) in [7, 11) is 0. The average molecular weight is 515 g/mol. The number of aromatic nitrogens is 2. The highest BCUT2D eigenvalue weighted by Gasteiger charge is 2.27. The molecular weight excluding hydrogens is 488 g/mol. The Bertz CT molecular complexity index is 1270. The van der Waals surface area contributed by atoms with Gasteiger partial charge in [0.15, 0.2) is 11.5 Å². The largest absolute Gasteiger partial charge is 0.508 e. The Labute approximate surface area is 213 Å². The lowest BCUT2D eigenvalue weighted by molar-refractivity contribution is 0.0674. The van der Waals surface area contributed by atoms with Gasteiger partial charge in [-0.2, -0.15) is 0 Å². The molecule has 10 nitrogen and oxygen atoms in total. The summed E-state index contributed by atoms with van der Waals surface area (Å²) in [6.07, 6.45) is 4.02. The van der Waals surface area contributed by atoms with Crippen molar-refractivity contribution in [2.24, 2.45) is 0 Å². The number of halogens is 1. The van der Waals surface area contributed by atoms with Crippen LogP contribution in [0.4, 0.5) is 16.3 Å². The number of nitrogens with one attached hydrogen (secondary N) is 1. The van der Waals surface area contributed by atoms with Crippen LogP contribution in [0.15, 0.2) is 30.6 Å². The Morgan fingerprint density at radius 2 is 2.08 bits per heavy atom. The van der Waals surface area contributed by atoms with E-state index in [2.05, 4.69) is 22.2 Å². The number of ether oxygens (including phenoxy) is 4. The molecular formula is C25H27ClN4O6. The fourth-order valence-electron chi connectivity index (χ4n) is 4.24. The number of phenols is 1. The second-order valence-corrected chi connectivity index (χ2v) is 9.02. The number of unbranched alkanes of at least 4 members (excludes halogenated alkanes) is 1. The Balaban J connectivity index is 1.37. The van der Waals surface area contributed by atoms with Crippen molar-refractivity contribution in [2.45, 2.75) is 38.7 Å². The Kier molecular flexibility index (Phi) is 7.04. The fourth-order valence-corrected chi connectivity index (χ4v) is 4.44. The highest BCUT2D eigenvalue weighted by Crippen LogP contribution is 2.46. The normalized spacial score (nSPS) is 15.2. The molecule has 5 rings (SSSR count). The molecule has 1 aromatic heterocycles. The maximum atomic E-state index is 12.3. The number of benzene rings is 2. The third-order valence-corrected chi connectivity index (χ3v) is 6.45. The molecule has 2 aromatic carbocycles. The number of carbonyl (C=O) groups is 1. The first kappa shape index (κ1) is 24.1. The van der Waals surface area contributed by atoms with Crippen LogP contribution in [0.2, 0.25) is 5.02 Å². The lowest BCUT2D eigenvalue weighted by Gasteiger charge is -2.31. The minimum Gasteiger partial charge on any atom is -0.508 e. The van der Waals surface area contributed by atoms with Gasteiger partial charge in [-0.25, -0.2) is 14.8 Å². The van der Waals surface area contributed by atoms with Gasteiger partial charge in [0.05, 0.1) is 22.5 Å². The molecule has 2 aliphatic heterocycles. The van der Waals surface area contributed by atoms with E-state index in [1.165, 1.54) is 6.33 Å². The van der Waals surface area contributed by atoms with Crippen LogP contribution in [0, 0.1) is 0 Å². The zero-order valence-corrected chi connectivity index (χ0v) is 20.6. The van der Waals surface area contributed by atoms with E-state index in [1.54, 1.807) is 29.2 Å². The van der Waals surface area contributed by atoms with E-state index in [0.29, 0.717) is 77.2 Å². The summed E-state index contributed by atoms with van der Waals surface area (Å²) in [5, 5.41) is 14.6. The van der Waals surface area contributed by atoms with Crippen LogP contribution in [0.25, 0.3) is 10.9 Å². The molecule has 190 valence electrons. The van der Waals surface area contributed by atoms with Crippen molar-refractivity contribution in [1.29, 1.82) is 0 Å². The van der Waals surface area contributed by atoms with Crippen LogP contribution in [0.1, 0.15) is 32.6 Å². The lowest BCUT2D eigenvalue weighted by atomic mass is 10.1. The minimum atomic E-state index is -0.289. The van der Waals surface area contributed by atoms with Crippen molar-refractivity contribution in [3.63, 3.8) is 0 Å². The quantitative estimate of drug-likeness (QED) is 0.408. The van der Waals surface area contributed by atoms with Gasteiger partial charge < -0.3 is 34.3 Å². The maximum Gasteiger partial charge on any atom is 0.409 e. The molecule has 0 spiro atoms. The molecule has 36 heavy (non-hydrogen) atoms. The number of likely N-dealkylation sites (tertiary alicyclic amines) is 1. The molecule has 3 heterocycles. The lowest BCUT2D eigenvalue weighted by Crippen LogP contribution is -2.42. The topological polar surface area (TPSA) is 115 Å². The number of fused-ring (bicyclic) bond motifs is 2. The molecule has 0 aliphatic carbocycles. The Hall–Kier alpha value is -3.66. The predicted molar refractivity (Wildman–Crippen MR) is 134 cm³/mol. The van der Waals surface area contributed by atoms with E-state index in [9.17, 15) is 9.90 Å². The highest BCUT2D eigenvalue weighted by atomic mass is 35.5. The van der Waals surface area contributed by atoms with E-state index < -0.39 is 0 Å². The van der Waals surface area contributed by atoms with Crippen molar-refractivity contribution in [1.82, 2.24) is 14.9 Å². The van der Waals surface area contributed by atoms with Gasteiger partial charge in [0.2, 0.25) is 6.79 Å². The molecule has 0 saturated carbocycles. The first-order chi connectivity index (χ1) is 17.5. The molecule has 2 N–H and O–H groups in total. The van der Waals surface area contributed by atoms with E-state index in [4.69, 9.17) is 30.5 Å². The van der Waals surface area contributed by atoms with Crippen molar-refractivity contribution in [3.8, 4) is 23.0 Å². The number of aromatic hydroxyl groups is 1. The molecule has 0 unspecified atom stereocenters. The summed E-state index contributed by atoms with van der Waals surface area (Å²) in [5.41, 5.74) is 1.01. The Morgan fingerprint density at radius 1 is 1.25 bits per heavy atom. The summed E-state index contributed by atoms with van der Waals surface area (Å²) in [6, 6.07) is 6.54. The average Bonchev–Trinajstić information content (AvgIpc) is 3.35. The van der Waals surface area contributed by atoms with Crippen molar-refractivity contribution < 1.29 is 28.8 Å². The SMILES string of the molecule is CCCCOC(=O)N1CCC(Oc2cc(O)cc3ncnc(Nc4c(Cl)ccc5c4OCO5)c23)CC1. The van der Waals surface area contributed by atoms with Gasteiger partial charge in [-0.3, -0.25) is 0 Å². The van der Waals surface area contributed by atoms with Gasteiger partial charge in [0.25, 0.3) is 0 Å². The summed E-state index contributed by atoms with van der Waals surface area (Å²) in [4.78, 5) is 22.7. The fraction of sp³-hybridized carbons (Fsp3) is 0.400. The van der Waals surface area contributed by atoms with Crippen LogP contribution >= 0.6 is 11.6 Å². The number of nitrogens with zero attached hydrogens (tertiary/aromatic N) is 3. The van der Waals surface area contributed by atoms with Crippen molar-refractivity contribution in [3.05, 3.63) is 35.6 Å². The van der Waals surface area contributed by atoms with E-state index in [0.717, 1.165) is 12.8 Å². The standard InChI is InChI=1S/C25H27ClN4O6/c1-2-3-10-33-25(32)30-8-6-16(7-9-30)36-20-12-15(31)11-18-21(20)24(28-13-27-18)29-22-17(26)4-5-19-23(22)35-14-34-19/h4-5,11-13,16,31H,2-3,6-10,14H2,1H3,(H,27,28,29). The summed E-state index contributed by atoms with van der Waals surface area (Å²) < 4.78 is 22.7. The number of hydrogen-bond acceptors (Lipinski definition) is 9. The van der Waals surface area contributed by atoms with Gasteiger partial charge in [-0.1, -0.05) is 24.9 Å². The smallest absolute Gasteiger partial charge is 0.409 e. The first-order valence-electron chi connectivity index (χ1n) is 11.9. The third kappa shape index (κ3) is 4.99. The molecule has 1 amide bonds. The number of anilines is 2. The summed E-state index contributed by atoms with van der Waals surface area (Å²) in [6.45, 7) is 3.63. The first-order valence-corrected chi connectivity index (χ1v) is 12.3. The molecule has 1 saturated heterocycles. The van der Waals surface area contributed by atoms with Crippen LogP contribution < -0.4 is 19.5 Å². The molecule has 0 atom stereocenters. The van der Waals surface area contributed by atoms with Crippen LogP contribution in [0.3, 0.4) is 0 Å².